The SMILES string of the molecule is CCNC(=NCc1ncc(C)s1)NCC(CC)c1ccccc1.I. The van der Waals surface area contributed by atoms with E-state index in [-0.39, 0.29) is 24.0 Å². The van der Waals surface area contributed by atoms with E-state index in [1.165, 1.54) is 10.4 Å². The molecular formula is C18H27IN4S. The van der Waals surface area contributed by atoms with Gasteiger partial charge in [-0.15, -0.1) is 35.3 Å². The molecule has 0 aliphatic heterocycles. The minimum absolute atomic E-state index is 0. The minimum atomic E-state index is 0. The van der Waals surface area contributed by atoms with Gasteiger partial charge in [0.05, 0.1) is 6.54 Å². The predicted octanol–water partition coefficient (Wildman–Crippen LogP) is 4.32. The maximum absolute atomic E-state index is 4.64. The standard InChI is InChI=1S/C18H26N4S.HI/c1-4-15(16-9-7-6-8-10-16)12-21-18(19-5-2)22-13-17-20-11-14(3)23-17;/h6-11,15H,4-5,12-13H2,1-3H3,(H2,19,21,22);1H. The monoisotopic (exact) mass is 458 g/mol. The summed E-state index contributed by atoms with van der Waals surface area (Å²) in [5.41, 5.74) is 1.37. The lowest BCUT2D eigenvalue weighted by molar-refractivity contribution is 0.630. The van der Waals surface area contributed by atoms with Gasteiger partial charge in [-0.05, 0) is 25.8 Å². The van der Waals surface area contributed by atoms with Crippen molar-refractivity contribution >= 4 is 41.3 Å². The third-order valence-corrected chi connectivity index (χ3v) is 4.56. The second kappa shape index (κ2) is 11.4. The molecule has 1 aromatic carbocycles. The number of guanidine groups is 1. The first-order chi connectivity index (χ1) is 11.2. The van der Waals surface area contributed by atoms with Crippen LogP contribution in [0.3, 0.4) is 0 Å². The summed E-state index contributed by atoms with van der Waals surface area (Å²) in [4.78, 5) is 10.2. The molecule has 0 fully saturated rings. The van der Waals surface area contributed by atoms with E-state index >= 15 is 0 Å². The van der Waals surface area contributed by atoms with Gasteiger partial charge in [-0.25, -0.2) is 9.98 Å². The second-order valence-electron chi connectivity index (χ2n) is 5.46. The smallest absolute Gasteiger partial charge is 0.191 e. The van der Waals surface area contributed by atoms with Crippen molar-refractivity contribution in [3.8, 4) is 0 Å². The Balaban J connectivity index is 0.00000288. The molecule has 6 heteroatoms. The van der Waals surface area contributed by atoms with Gasteiger partial charge in [-0.1, -0.05) is 37.3 Å². The molecule has 1 unspecified atom stereocenters. The van der Waals surface area contributed by atoms with Crippen molar-refractivity contribution < 1.29 is 0 Å². The molecule has 0 radical (unpaired) electrons. The summed E-state index contributed by atoms with van der Waals surface area (Å²) in [5.74, 6) is 1.34. The van der Waals surface area contributed by atoms with Gasteiger partial charge in [0, 0.05) is 30.1 Å². The van der Waals surface area contributed by atoms with Gasteiger partial charge in [0.15, 0.2) is 5.96 Å². The Kier molecular flexibility index (Phi) is 9.94. The lowest BCUT2D eigenvalue weighted by Crippen LogP contribution is -2.39. The van der Waals surface area contributed by atoms with Gasteiger partial charge in [-0.3, -0.25) is 0 Å². The highest BCUT2D eigenvalue weighted by molar-refractivity contribution is 14.0. The molecule has 0 aliphatic rings. The Morgan fingerprint density at radius 1 is 1.21 bits per heavy atom. The van der Waals surface area contributed by atoms with Crippen LogP contribution in [-0.4, -0.2) is 24.0 Å². The highest BCUT2D eigenvalue weighted by Gasteiger charge is 2.09. The number of aliphatic imine (C=N–C) groups is 1. The first-order valence-electron chi connectivity index (χ1n) is 8.21. The zero-order valence-corrected chi connectivity index (χ0v) is 17.7. The van der Waals surface area contributed by atoms with Crippen LogP contribution in [-0.2, 0) is 6.54 Å². The van der Waals surface area contributed by atoms with E-state index in [9.17, 15) is 0 Å². The fourth-order valence-corrected chi connectivity index (χ4v) is 3.12. The zero-order chi connectivity index (χ0) is 16.5. The number of rotatable bonds is 7. The van der Waals surface area contributed by atoms with Crippen molar-refractivity contribution in [1.82, 2.24) is 15.6 Å². The summed E-state index contributed by atoms with van der Waals surface area (Å²) in [6.45, 7) is 8.73. The van der Waals surface area contributed by atoms with E-state index < -0.39 is 0 Å². The number of hydrogen-bond acceptors (Lipinski definition) is 3. The second-order valence-corrected chi connectivity index (χ2v) is 6.78. The zero-order valence-electron chi connectivity index (χ0n) is 14.6. The highest BCUT2D eigenvalue weighted by atomic mass is 127. The normalized spacial score (nSPS) is 12.4. The Morgan fingerprint density at radius 3 is 2.54 bits per heavy atom. The van der Waals surface area contributed by atoms with Gasteiger partial charge >= 0.3 is 0 Å². The number of hydrogen-bond donors (Lipinski definition) is 2. The average Bonchev–Trinajstić information content (AvgIpc) is 2.99. The third-order valence-electron chi connectivity index (χ3n) is 3.67. The lowest BCUT2D eigenvalue weighted by atomic mass is 9.97. The number of halogens is 1. The molecule has 1 atom stereocenters. The van der Waals surface area contributed by atoms with Gasteiger partial charge < -0.3 is 10.6 Å². The third kappa shape index (κ3) is 6.76. The molecule has 2 aromatic rings. The molecule has 0 saturated heterocycles. The van der Waals surface area contributed by atoms with Crippen molar-refractivity contribution in [1.29, 1.82) is 0 Å². The average molecular weight is 458 g/mol. The van der Waals surface area contributed by atoms with Crippen LogP contribution < -0.4 is 10.6 Å². The fourth-order valence-electron chi connectivity index (χ4n) is 2.41. The van der Waals surface area contributed by atoms with E-state index in [0.717, 1.165) is 30.5 Å². The topological polar surface area (TPSA) is 49.3 Å². The van der Waals surface area contributed by atoms with Crippen LogP contribution in [0.1, 0.15) is 41.6 Å². The summed E-state index contributed by atoms with van der Waals surface area (Å²) in [6.07, 6.45) is 3.00. The molecule has 2 N–H and O–H groups in total. The van der Waals surface area contributed by atoms with Gasteiger partial charge in [-0.2, -0.15) is 0 Å². The number of thiazole rings is 1. The van der Waals surface area contributed by atoms with E-state index in [4.69, 9.17) is 0 Å². The van der Waals surface area contributed by atoms with Crippen molar-refractivity contribution in [2.45, 2.75) is 39.7 Å². The molecule has 2 rings (SSSR count). The minimum Gasteiger partial charge on any atom is -0.357 e. The van der Waals surface area contributed by atoms with Crippen molar-refractivity contribution in [3.05, 3.63) is 52.0 Å². The largest absolute Gasteiger partial charge is 0.357 e. The van der Waals surface area contributed by atoms with E-state index in [1.54, 1.807) is 11.3 Å². The van der Waals surface area contributed by atoms with Crippen LogP contribution in [0.2, 0.25) is 0 Å². The predicted molar refractivity (Wildman–Crippen MR) is 115 cm³/mol. The van der Waals surface area contributed by atoms with Crippen LogP contribution in [0.25, 0.3) is 0 Å². The van der Waals surface area contributed by atoms with Gasteiger partial charge in [0.25, 0.3) is 0 Å². The summed E-state index contributed by atoms with van der Waals surface area (Å²) >= 11 is 1.70. The van der Waals surface area contributed by atoms with E-state index in [0.29, 0.717) is 12.5 Å². The Hall–Kier alpha value is -1.15. The van der Waals surface area contributed by atoms with Gasteiger partial charge in [0.1, 0.15) is 5.01 Å². The number of aryl methyl sites for hydroxylation is 1. The molecular weight excluding hydrogens is 431 g/mol. The van der Waals surface area contributed by atoms with Gasteiger partial charge in [0.2, 0.25) is 0 Å². The van der Waals surface area contributed by atoms with Crippen LogP contribution in [0, 0.1) is 6.92 Å². The van der Waals surface area contributed by atoms with E-state index in [1.807, 2.05) is 6.20 Å². The number of benzene rings is 1. The number of nitrogens with zero attached hydrogens (tertiary/aromatic N) is 2. The molecule has 0 aliphatic carbocycles. The molecule has 1 aromatic heterocycles. The molecule has 4 nitrogen and oxygen atoms in total. The van der Waals surface area contributed by atoms with Crippen LogP contribution in [0.5, 0.6) is 0 Å². The summed E-state index contributed by atoms with van der Waals surface area (Å²) in [6, 6.07) is 10.6. The Bertz CT molecular complexity index is 612. The highest BCUT2D eigenvalue weighted by Crippen LogP contribution is 2.18. The molecule has 1 heterocycles. The molecule has 24 heavy (non-hydrogen) atoms. The van der Waals surface area contributed by atoms with Crippen molar-refractivity contribution in [2.24, 2.45) is 4.99 Å². The van der Waals surface area contributed by atoms with Crippen molar-refractivity contribution in [3.63, 3.8) is 0 Å². The van der Waals surface area contributed by atoms with Crippen LogP contribution in [0.15, 0.2) is 41.5 Å². The van der Waals surface area contributed by atoms with Crippen molar-refractivity contribution in [2.75, 3.05) is 13.1 Å². The maximum atomic E-state index is 4.64. The summed E-state index contributed by atoms with van der Waals surface area (Å²) < 4.78 is 0. The molecule has 0 bridgehead atoms. The Labute approximate surface area is 166 Å². The first-order valence-corrected chi connectivity index (χ1v) is 9.03. The maximum Gasteiger partial charge on any atom is 0.191 e. The molecule has 0 amide bonds. The van der Waals surface area contributed by atoms with Crippen LogP contribution in [0.4, 0.5) is 0 Å². The van der Waals surface area contributed by atoms with E-state index in [2.05, 4.69) is 71.7 Å². The first kappa shape index (κ1) is 20.9. The summed E-state index contributed by atoms with van der Waals surface area (Å²) in [5, 5.41) is 7.82. The lowest BCUT2D eigenvalue weighted by Gasteiger charge is -2.18. The number of nitrogens with one attached hydrogen (secondary N) is 2. The fraction of sp³-hybridized carbons (Fsp3) is 0.444. The quantitative estimate of drug-likeness (QED) is 0.369. The summed E-state index contributed by atoms with van der Waals surface area (Å²) in [7, 11) is 0. The molecule has 132 valence electrons. The molecule has 0 saturated carbocycles. The van der Waals surface area contributed by atoms with Crippen LogP contribution >= 0.6 is 35.3 Å². The number of aromatic nitrogens is 1. The Morgan fingerprint density at radius 2 is 1.96 bits per heavy atom. The molecule has 0 spiro atoms.